The highest BCUT2D eigenvalue weighted by atomic mass is 16.2. The molecule has 0 unspecified atom stereocenters. The molecule has 0 saturated carbocycles. The first-order chi connectivity index (χ1) is 12.6. The van der Waals surface area contributed by atoms with Crippen molar-refractivity contribution < 1.29 is 4.79 Å². The number of carbonyl (C=O) groups is 1. The highest BCUT2D eigenvalue weighted by Gasteiger charge is 2.08. The number of nitrogens with zero attached hydrogens (tertiary/aromatic N) is 4. The van der Waals surface area contributed by atoms with Crippen LogP contribution in [0.5, 0.6) is 0 Å². The minimum atomic E-state index is 0.0176. The fraction of sp³-hybridized carbons (Fsp3) is 0.421. The molecule has 2 rings (SSSR count). The number of carbonyl (C=O) groups excluding carboxylic acids is 1. The van der Waals surface area contributed by atoms with Crippen LogP contribution in [0.4, 0.5) is 0 Å². The molecule has 0 atom stereocenters. The molecule has 0 fully saturated rings. The molecule has 0 bridgehead atoms. The Hall–Kier alpha value is -2.83. The zero-order valence-electron chi connectivity index (χ0n) is 15.8. The van der Waals surface area contributed by atoms with Gasteiger partial charge in [-0.25, -0.2) is 0 Å². The molecule has 0 radical (unpaired) electrons. The van der Waals surface area contributed by atoms with Crippen molar-refractivity contribution in [3.05, 3.63) is 53.9 Å². The Labute approximate surface area is 155 Å². The summed E-state index contributed by atoms with van der Waals surface area (Å²) in [6.45, 7) is 5.03. The average Bonchev–Trinajstić information content (AvgIpc) is 3.14. The van der Waals surface area contributed by atoms with Crippen molar-refractivity contribution >= 4 is 11.9 Å². The highest BCUT2D eigenvalue weighted by Crippen LogP contribution is 2.08. The second-order valence-electron chi connectivity index (χ2n) is 6.11. The van der Waals surface area contributed by atoms with Gasteiger partial charge in [-0.15, -0.1) is 0 Å². The molecule has 26 heavy (non-hydrogen) atoms. The second-order valence-corrected chi connectivity index (χ2v) is 6.11. The zero-order chi connectivity index (χ0) is 18.8. The largest absolute Gasteiger partial charge is 0.357 e. The standard InChI is InChI=1S/C19H28N6O/c1-4-20-19(22-12-14-25-13-6-10-23-25)21-11-9-16-7-5-8-17(15-16)18(26)24(2)3/h5-8,10,13,15H,4,9,11-12,14H2,1-3H3,(H2,20,21,22). The summed E-state index contributed by atoms with van der Waals surface area (Å²) in [6, 6.07) is 9.64. The molecule has 0 saturated heterocycles. The van der Waals surface area contributed by atoms with Crippen LogP contribution >= 0.6 is 0 Å². The highest BCUT2D eigenvalue weighted by molar-refractivity contribution is 5.94. The molecule has 140 valence electrons. The number of aromatic nitrogens is 2. The van der Waals surface area contributed by atoms with Gasteiger partial charge in [0.25, 0.3) is 5.91 Å². The average molecular weight is 356 g/mol. The molecule has 7 heteroatoms. The first-order valence-corrected chi connectivity index (χ1v) is 8.90. The van der Waals surface area contributed by atoms with Crippen LogP contribution in [0.25, 0.3) is 0 Å². The Morgan fingerprint density at radius 1 is 1.27 bits per heavy atom. The number of hydrogen-bond donors (Lipinski definition) is 2. The Balaban J connectivity index is 1.86. The number of hydrogen-bond acceptors (Lipinski definition) is 3. The van der Waals surface area contributed by atoms with Gasteiger partial charge >= 0.3 is 0 Å². The molecule has 1 aromatic carbocycles. The minimum absolute atomic E-state index is 0.0176. The van der Waals surface area contributed by atoms with Crippen molar-refractivity contribution in [2.24, 2.45) is 4.99 Å². The summed E-state index contributed by atoms with van der Waals surface area (Å²) >= 11 is 0. The van der Waals surface area contributed by atoms with Gasteiger partial charge in [-0.1, -0.05) is 12.1 Å². The van der Waals surface area contributed by atoms with E-state index in [0.717, 1.165) is 37.6 Å². The van der Waals surface area contributed by atoms with Crippen LogP contribution in [-0.2, 0) is 13.0 Å². The van der Waals surface area contributed by atoms with Gasteiger partial charge < -0.3 is 15.5 Å². The molecular formula is C19H28N6O. The van der Waals surface area contributed by atoms with Crippen molar-refractivity contribution in [3.63, 3.8) is 0 Å². The van der Waals surface area contributed by atoms with E-state index >= 15 is 0 Å². The quantitative estimate of drug-likeness (QED) is 0.554. The normalized spacial score (nSPS) is 11.3. The maximum Gasteiger partial charge on any atom is 0.253 e. The number of rotatable bonds is 8. The number of guanidine groups is 1. The van der Waals surface area contributed by atoms with Gasteiger partial charge in [-0.05, 0) is 37.1 Å². The zero-order valence-corrected chi connectivity index (χ0v) is 15.8. The van der Waals surface area contributed by atoms with Crippen molar-refractivity contribution in [3.8, 4) is 0 Å². The first kappa shape index (κ1) is 19.5. The van der Waals surface area contributed by atoms with Crippen molar-refractivity contribution in [2.75, 3.05) is 33.7 Å². The van der Waals surface area contributed by atoms with Crippen LogP contribution in [0.15, 0.2) is 47.7 Å². The summed E-state index contributed by atoms with van der Waals surface area (Å²) in [5, 5.41) is 10.7. The van der Waals surface area contributed by atoms with Gasteiger partial charge in [0.15, 0.2) is 5.96 Å². The third kappa shape index (κ3) is 6.23. The Morgan fingerprint density at radius 2 is 2.12 bits per heavy atom. The van der Waals surface area contributed by atoms with Crippen LogP contribution in [0, 0.1) is 0 Å². The van der Waals surface area contributed by atoms with Crippen LogP contribution in [0.2, 0.25) is 0 Å². The topological polar surface area (TPSA) is 74.6 Å². The van der Waals surface area contributed by atoms with Crippen LogP contribution < -0.4 is 10.6 Å². The minimum Gasteiger partial charge on any atom is -0.357 e. The van der Waals surface area contributed by atoms with Crippen molar-refractivity contribution in [1.29, 1.82) is 0 Å². The fourth-order valence-corrected chi connectivity index (χ4v) is 2.48. The molecule has 0 aliphatic rings. The van der Waals surface area contributed by atoms with Crippen LogP contribution in [-0.4, -0.2) is 60.3 Å². The monoisotopic (exact) mass is 356 g/mol. The lowest BCUT2D eigenvalue weighted by molar-refractivity contribution is 0.0827. The molecule has 0 spiro atoms. The maximum atomic E-state index is 12.1. The predicted octanol–water partition coefficient (Wildman–Crippen LogP) is 1.38. The third-order valence-corrected chi connectivity index (χ3v) is 3.79. The molecule has 0 aliphatic heterocycles. The van der Waals surface area contributed by atoms with Crippen LogP contribution in [0.3, 0.4) is 0 Å². The van der Waals surface area contributed by atoms with Gasteiger partial charge in [0.1, 0.15) is 0 Å². The summed E-state index contributed by atoms with van der Waals surface area (Å²) in [5.41, 5.74) is 1.81. The van der Waals surface area contributed by atoms with E-state index in [2.05, 4.69) is 20.7 Å². The van der Waals surface area contributed by atoms with Gasteiger partial charge in [0, 0.05) is 51.7 Å². The summed E-state index contributed by atoms with van der Waals surface area (Å²) < 4.78 is 1.88. The van der Waals surface area contributed by atoms with E-state index in [0.29, 0.717) is 12.1 Å². The van der Waals surface area contributed by atoms with Crippen molar-refractivity contribution in [1.82, 2.24) is 25.3 Å². The van der Waals surface area contributed by atoms with E-state index in [9.17, 15) is 4.79 Å². The van der Waals surface area contributed by atoms with Gasteiger partial charge in [0.2, 0.25) is 0 Å². The first-order valence-electron chi connectivity index (χ1n) is 8.90. The van der Waals surface area contributed by atoms with E-state index in [1.807, 2.05) is 48.1 Å². The molecule has 7 nitrogen and oxygen atoms in total. The fourth-order valence-electron chi connectivity index (χ4n) is 2.48. The number of nitrogens with one attached hydrogen (secondary N) is 2. The molecule has 1 heterocycles. The molecule has 1 aromatic heterocycles. The summed E-state index contributed by atoms with van der Waals surface area (Å²) in [4.78, 5) is 18.2. The van der Waals surface area contributed by atoms with Crippen molar-refractivity contribution in [2.45, 2.75) is 19.9 Å². The lowest BCUT2D eigenvalue weighted by Crippen LogP contribution is -2.39. The Kier molecular flexibility index (Phi) is 7.67. The van der Waals surface area contributed by atoms with E-state index in [4.69, 9.17) is 0 Å². The van der Waals surface area contributed by atoms with E-state index < -0.39 is 0 Å². The van der Waals surface area contributed by atoms with Gasteiger partial charge in [0.05, 0.1) is 6.54 Å². The van der Waals surface area contributed by atoms with Gasteiger partial charge in [-0.3, -0.25) is 14.5 Å². The molecule has 1 amide bonds. The molecule has 0 aliphatic carbocycles. The lowest BCUT2D eigenvalue weighted by atomic mass is 10.1. The second kappa shape index (κ2) is 10.2. The number of benzene rings is 1. The molecule has 2 N–H and O–H groups in total. The smallest absolute Gasteiger partial charge is 0.253 e. The number of aliphatic imine (C=N–C) groups is 1. The van der Waals surface area contributed by atoms with Gasteiger partial charge in [-0.2, -0.15) is 5.10 Å². The molecular weight excluding hydrogens is 328 g/mol. The molecule has 2 aromatic rings. The Bertz CT molecular complexity index is 709. The predicted molar refractivity (Wildman–Crippen MR) is 104 cm³/mol. The summed E-state index contributed by atoms with van der Waals surface area (Å²) in [5.74, 6) is 0.809. The van der Waals surface area contributed by atoms with E-state index in [-0.39, 0.29) is 5.91 Å². The van der Waals surface area contributed by atoms with E-state index in [1.165, 1.54) is 0 Å². The number of amides is 1. The lowest BCUT2D eigenvalue weighted by Gasteiger charge is -2.12. The third-order valence-electron chi connectivity index (χ3n) is 3.79. The van der Waals surface area contributed by atoms with Crippen LogP contribution in [0.1, 0.15) is 22.8 Å². The SMILES string of the molecule is CCNC(=NCCc1cccc(C(=O)N(C)C)c1)NCCn1cccn1. The summed E-state index contributed by atoms with van der Waals surface area (Å²) in [6.07, 6.45) is 4.49. The van der Waals surface area contributed by atoms with E-state index in [1.54, 1.807) is 25.2 Å². The Morgan fingerprint density at radius 3 is 2.81 bits per heavy atom. The maximum absolute atomic E-state index is 12.1. The summed E-state index contributed by atoms with van der Waals surface area (Å²) in [7, 11) is 3.52.